The van der Waals surface area contributed by atoms with E-state index in [0.29, 0.717) is 19.0 Å². The third kappa shape index (κ3) is 5.79. The number of hydrogen-bond donors (Lipinski definition) is 0. The molecule has 1 unspecified atom stereocenters. The molecule has 2 saturated heterocycles. The van der Waals surface area contributed by atoms with E-state index in [1.54, 1.807) is 6.20 Å². The topological polar surface area (TPSA) is 76.9 Å². The van der Waals surface area contributed by atoms with Gasteiger partial charge in [-0.05, 0) is 38.6 Å². The third-order valence-corrected chi connectivity index (χ3v) is 7.87. The standard InChI is InChI=1S/C20H34N4O4S/c1-22(6-7-23-8-11-27-12-9-23)14-18-13-21-20(29(25,26)16-17-4-5-17)24(18)15-19-3-2-10-28-19/h13,17,19H,2-12,14-16H2,1H3. The quantitative estimate of drug-likeness (QED) is 0.553. The number of morpholine rings is 1. The van der Waals surface area contributed by atoms with Crippen LogP contribution in [0.2, 0.25) is 0 Å². The van der Waals surface area contributed by atoms with Crippen molar-refractivity contribution in [1.82, 2.24) is 19.4 Å². The second-order valence-electron chi connectivity index (χ2n) is 8.69. The van der Waals surface area contributed by atoms with E-state index >= 15 is 0 Å². The second-order valence-corrected chi connectivity index (χ2v) is 10.6. The number of imidazole rings is 1. The Kier molecular flexibility index (Phi) is 6.91. The van der Waals surface area contributed by atoms with Gasteiger partial charge in [0, 0.05) is 39.3 Å². The van der Waals surface area contributed by atoms with E-state index in [2.05, 4.69) is 21.8 Å². The second kappa shape index (κ2) is 9.43. The Hall–Kier alpha value is -1.00. The average Bonchev–Trinajstić information content (AvgIpc) is 3.18. The van der Waals surface area contributed by atoms with Crippen molar-refractivity contribution >= 4 is 9.84 Å². The van der Waals surface area contributed by atoms with Crippen LogP contribution in [0.5, 0.6) is 0 Å². The lowest BCUT2D eigenvalue weighted by Crippen LogP contribution is -2.40. The van der Waals surface area contributed by atoms with Crippen molar-refractivity contribution in [1.29, 1.82) is 0 Å². The smallest absolute Gasteiger partial charge is 0.227 e. The van der Waals surface area contributed by atoms with Crippen molar-refractivity contribution < 1.29 is 17.9 Å². The summed E-state index contributed by atoms with van der Waals surface area (Å²) in [6.45, 7) is 7.51. The Balaban J connectivity index is 1.44. The maximum atomic E-state index is 13.0. The van der Waals surface area contributed by atoms with E-state index in [1.165, 1.54) is 0 Å². The van der Waals surface area contributed by atoms with E-state index in [0.717, 1.165) is 77.4 Å². The summed E-state index contributed by atoms with van der Waals surface area (Å²) in [5, 5.41) is 0.233. The maximum Gasteiger partial charge on any atom is 0.227 e. The van der Waals surface area contributed by atoms with Crippen LogP contribution in [-0.4, -0.2) is 92.7 Å². The van der Waals surface area contributed by atoms with Crippen molar-refractivity contribution in [3.8, 4) is 0 Å². The van der Waals surface area contributed by atoms with Crippen molar-refractivity contribution in [3.05, 3.63) is 11.9 Å². The molecule has 29 heavy (non-hydrogen) atoms. The molecule has 0 N–H and O–H groups in total. The first-order valence-corrected chi connectivity index (χ1v) is 12.5. The zero-order valence-electron chi connectivity index (χ0n) is 17.5. The Bertz CT molecular complexity index is 765. The van der Waals surface area contributed by atoms with E-state index in [-0.39, 0.29) is 17.0 Å². The molecule has 0 bridgehead atoms. The van der Waals surface area contributed by atoms with Gasteiger partial charge in [-0.15, -0.1) is 0 Å². The highest BCUT2D eigenvalue weighted by molar-refractivity contribution is 7.91. The zero-order chi connectivity index (χ0) is 20.3. The number of aromatic nitrogens is 2. The predicted octanol–water partition coefficient (Wildman–Crippen LogP) is 1.01. The molecule has 1 atom stereocenters. The molecular formula is C20H34N4O4S. The normalized spacial score (nSPS) is 23.9. The molecular weight excluding hydrogens is 392 g/mol. The van der Waals surface area contributed by atoms with Crippen LogP contribution in [0.1, 0.15) is 31.4 Å². The summed E-state index contributed by atoms with van der Waals surface area (Å²) in [4.78, 5) is 9.04. The molecule has 4 rings (SSSR count). The van der Waals surface area contributed by atoms with Gasteiger partial charge in [-0.25, -0.2) is 13.4 Å². The Morgan fingerprint density at radius 2 is 2.00 bits per heavy atom. The van der Waals surface area contributed by atoms with Gasteiger partial charge < -0.3 is 14.0 Å². The molecule has 3 fully saturated rings. The Labute approximate surface area is 174 Å². The predicted molar refractivity (Wildman–Crippen MR) is 110 cm³/mol. The van der Waals surface area contributed by atoms with Crippen molar-refractivity contribution in [2.75, 3.05) is 58.8 Å². The first-order chi connectivity index (χ1) is 14.0. The summed E-state index contributed by atoms with van der Waals surface area (Å²) in [6.07, 6.45) is 5.88. The van der Waals surface area contributed by atoms with E-state index < -0.39 is 9.84 Å². The molecule has 0 radical (unpaired) electrons. The lowest BCUT2D eigenvalue weighted by molar-refractivity contribution is 0.0340. The highest BCUT2D eigenvalue weighted by Gasteiger charge is 2.33. The minimum Gasteiger partial charge on any atom is -0.379 e. The lowest BCUT2D eigenvalue weighted by atomic mass is 10.2. The van der Waals surface area contributed by atoms with Crippen LogP contribution in [0.3, 0.4) is 0 Å². The average molecular weight is 427 g/mol. The van der Waals surface area contributed by atoms with Crippen molar-refractivity contribution in [3.63, 3.8) is 0 Å². The highest BCUT2D eigenvalue weighted by Crippen LogP contribution is 2.32. The summed E-state index contributed by atoms with van der Waals surface area (Å²) in [6, 6.07) is 0. The van der Waals surface area contributed by atoms with Gasteiger partial charge in [-0.3, -0.25) is 9.80 Å². The molecule has 1 saturated carbocycles. The molecule has 0 amide bonds. The first-order valence-electron chi connectivity index (χ1n) is 10.9. The number of rotatable bonds is 10. The van der Waals surface area contributed by atoms with Crippen LogP contribution >= 0.6 is 0 Å². The molecule has 9 heteroatoms. The fourth-order valence-electron chi connectivity index (χ4n) is 4.12. The summed E-state index contributed by atoms with van der Waals surface area (Å²) in [5.41, 5.74) is 0.958. The number of likely N-dealkylation sites (N-methyl/N-ethyl adjacent to an activating group) is 1. The molecule has 2 aliphatic heterocycles. The number of sulfone groups is 1. The van der Waals surface area contributed by atoms with Crippen LogP contribution in [0.4, 0.5) is 0 Å². The molecule has 1 aromatic rings. The fourth-order valence-corrected chi connectivity index (χ4v) is 5.96. The molecule has 0 aromatic carbocycles. The monoisotopic (exact) mass is 426 g/mol. The van der Waals surface area contributed by atoms with Crippen LogP contribution in [0.25, 0.3) is 0 Å². The Morgan fingerprint density at radius 1 is 1.21 bits per heavy atom. The van der Waals surface area contributed by atoms with E-state index in [1.807, 2.05) is 4.57 Å². The number of hydrogen-bond acceptors (Lipinski definition) is 7. The van der Waals surface area contributed by atoms with Crippen LogP contribution in [0, 0.1) is 5.92 Å². The molecule has 1 aromatic heterocycles. The van der Waals surface area contributed by atoms with Gasteiger partial charge in [0.2, 0.25) is 15.0 Å². The molecule has 1 aliphatic carbocycles. The van der Waals surface area contributed by atoms with Crippen molar-refractivity contribution in [2.24, 2.45) is 5.92 Å². The highest BCUT2D eigenvalue weighted by atomic mass is 32.2. The minimum absolute atomic E-state index is 0.0801. The van der Waals surface area contributed by atoms with Gasteiger partial charge in [0.05, 0.1) is 43.5 Å². The van der Waals surface area contributed by atoms with Gasteiger partial charge in [0.15, 0.2) is 0 Å². The largest absolute Gasteiger partial charge is 0.379 e. The van der Waals surface area contributed by atoms with Gasteiger partial charge in [0.25, 0.3) is 0 Å². The summed E-state index contributed by atoms with van der Waals surface area (Å²) >= 11 is 0. The molecule has 0 spiro atoms. The van der Waals surface area contributed by atoms with Crippen LogP contribution in [-0.2, 0) is 32.4 Å². The zero-order valence-corrected chi connectivity index (χ0v) is 18.3. The van der Waals surface area contributed by atoms with Gasteiger partial charge in [-0.1, -0.05) is 0 Å². The van der Waals surface area contributed by atoms with Crippen LogP contribution in [0.15, 0.2) is 11.4 Å². The van der Waals surface area contributed by atoms with Crippen LogP contribution < -0.4 is 0 Å². The van der Waals surface area contributed by atoms with E-state index in [9.17, 15) is 8.42 Å². The van der Waals surface area contributed by atoms with Gasteiger partial charge >= 0.3 is 0 Å². The summed E-state index contributed by atoms with van der Waals surface area (Å²) in [5.74, 6) is 0.537. The van der Waals surface area contributed by atoms with E-state index in [4.69, 9.17) is 9.47 Å². The minimum atomic E-state index is -3.36. The third-order valence-electron chi connectivity index (χ3n) is 6.08. The summed E-state index contributed by atoms with van der Waals surface area (Å²) in [7, 11) is -1.27. The molecule has 8 nitrogen and oxygen atoms in total. The molecule has 3 heterocycles. The van der Waals surface area contributed by atoms with Gasteiger partial charge in [-0.2, -0.15) is 0 Å². The maximum absolute atomic E-state index is 13.0. The van der Waals surface area contributed by atoms with Crippen molar-refractivity contribution in [2.45, 2.75) is 50.0 Å². The van der Waals surface area contributed by atoms with Gasteiger partial charge in [0.1, 0.15) is 0 Å². The SMILES string of the molecule is CN(CCN1CCOCC1)Cc1cnc(S(=O)(=O)CC2CC2)n1CC1CCCO1. The molecule has 3 aliphatic rings. The lowest BCUT2D eigenvalue weighted by Gasteiger charge is -2.28. The number of ether oxygens (including phenoxy) is 2. The number of nitrogens with zero attached hydrogens (tertiary/aromatic N) is 4. The Morgan fingerprint density at radius 3 is 2.69 bits per heavy atom. The first kappa shape index (κ1) is 21.2. The molecule has 164 valence electrons. The summed E-state index contributed by atoms with van der Waals surface area (Å²) < 4.78 is 39.0. The fraction of sp³-hybridized carbons (Fsp3) is 0.850.